The lowest BCUT2D eigenvalue weighted by Crippen LogP contribution is -2.07. The van der Waals surface area contributed by atoms with E-state index in [4.69, 9.17) is 19.2 Å². The average Bonchev–Trinajstić information content (AvgIpc) is 3.02. The maximum Gasteiger partial charge on any atom is 0.310 e. The van der Waals surface area contributed by atoms with E-state index < -0.39 is 0 Å². The highest BCUT2D eigenvalue weighted by Gasteiger charge is 2.12. The Bertz CT molecular complexity index is 903. The zero-order valence-electron chi connectivity index (χ0n) is 13.1. The highest BCUT2D eigenvalue weighted by Crippen LogP contribution is 2.26. The summed E-state index contributed by atoms with van der Waals surface area (Å²) in [4.78, 5) is 12.0. The molecular formula is C19H15NO4. The van der Waals surface area contributed by atoms with Crippen LogP contribution in [-0.4, -0.2) is 13.1 Å². The third kappa shape index (κ3) is 3.39. The number of carbonyl (C=O) groups is 1. The molecular weight excluding hydrogens is 306 g/mol. The lowest BCUT2D eigenvalue weighted by molar-refractivity contribution is -0.144. The summed E-state index contributed by atoms with van der Waals surface area (Å²) >= 11 is 0. The first-order chi connectivity index (χ1) is 11.7. The molecule has 0 atom stereocenters. The SMILES string of the molecule is COc1ccc2c(CC(=O)OCc3ccc(C#N)cc3)coc2c1. The summed E-state index contributed by atoms with van der Waals surface area (Å²) in [6.07, 6.45) is 1.70. The fourth-order valence-electron chi connectivity index (χ4n) is 2.37. The second-order valence-corrected chi connectivity index (χ2v) is 5.27. The predicted molar refractivity (Wildman–Crippen MR) is 87.4 cm³/mol. The van der Waals surface area contributed by atoms with Crippen molar-refractivity contribution in [1.29, 1.82) is 5.26 Å². The summed E-state index contributed by atoms with van der Waals surface area (Å²) in [5.41, 5.74) is 2.86. The maximum absolute atomic E-state index is 12.0. The van der Waals surface area contributed by atoms with E-state index in [0.29, 0.717) is 16.9 Å². The van der Waals surface area contributed by atoms with E-state index in [1.807, 2.05) is 18.2 Å². The number of esters is 1. The molecule has 0 aliphatic carbocycles. The molecule has 0 N–H and O–H groups in total. The summed E-state index contributed by atoms with van der Waals surface area (Å²) in [5, 5.41) is 9.62. The van der Waals surface area contributed by atoms with Crippen molar-refractivity contribution in [3.63, 3.8) is 0 Å². The molecule has 2 aromatic carbocycles. The van der Waals surface area contributed by atoms with Crippen molar-refractivity contribution >= 4 is 16.9 Å². The Morgan fingerprint density at radius 3 is 2.71 bits per heavy atom. The van der Waals surface area contributed by atoms with Crippen LogP contribution in [0, 0.1) is 11.3 Å². The van der Waals surface area contributed by atoms with Crippen LogP contribution in [-0.2, 0) is 22.6 Å². The van der Waals surface area contributed by atoms with Gasteiger partial charge in [-0.05, 0) is 29.8 Å². The molecule has 5 heteroatoms. The van der Waals surface area contributed by atoms with Crippen molar-refractivity contribution in [2.45, 2.75) is 13.0 Å². The first-order valence-corrected chi connectivity index (χ1v) is 7.38. The Kier molecular flexibility index (Phi) is 4.48. The Morgan fingerprint density at radius 2 is 2.00 bits per heavy atom. The number of hydrogen-bond acceptors (Lipinski definition) is 5. The fraction of sp³-hybridized carbons (Fsp3) is 0.158. The standard InChI is InChI=1S/C19H15NO4/c1-22-16-6-7-17-15(12-23-18(17)9-16)8-19(21)24-11-14-4-2-13(10-20)3-5-14/h2-7,9,12H,8,11H2,1H3. The molecule has 0 aliphatic rings. The fourth-order valence-corrected chi connectivity index (χ4v) is 2.37. The Morgan fingerprint density at radius 1 is 1.21 bits per heavy atom. The molecule has 1 heterocycles. The molecule has 24 heavy (non-hydrogen) atoms. The minimum Gasteiger partial charge on any atom is -0.497 e. The number of ether oxygens (including phenoxy) is 2. The van der Waals surface area contributed by atoms with Crippen LogP contribution in [0.1, 0.15) is 16.7 Å². The van der Waals surface area contributed by atoms with Gasteiger partial charge in [-0.2, -0.15) is 5.26 Å². The minimum absolute atomic E-state index is 0.135. The summed E-state index contributed by atoms with van der Waals surface area (Å²) in [5.74, 6) is 0.365. The van der Waals surface area contributed by atoms with Gasteiger partial charge in [-0.15, -0.1) is 0 Å². The molecule has 0 amide bonds. The van der Waals surface area contributed by atoms with Gasteiger partial charge in [0, 0.05) is 17.0 Å². The van der Waals surface area contributed by atoms with E-state index in [-0.39, 0.29) is 19.0 Å². The van der Waals surface area contributed by atoms with Crippen molar-refractivity contribution < 1.29 is 18.7 Å². The first-order valence-electron chi connectivity index (χ1n) is 7.38. The number of hydrogen-bond donors (Lipinski definition) is 0. The summed E-state index contributed by atoms with van der Waals surface area (Å²) in [6.45, 7) is 0.175. The number of methoxy groups -OCH3 is 1. The quantitative estimate of drug-likeness (QED) is 0.671. The van der Waals surface area contributed by atoms with E-state index in [0.717, 1.165) is 16.5 Å². The van der Waals surface area contributed by atoms with Crippen molar-refractivity contribution in [2.24, 2.45) is 0 Å². The number of benzene rings is 2. The molecule has 5 nitrogen and oxygen atoms in total. The van der Waals surface area contributed by atoms with Gasteiger partial charge in [0.1, 0.15) is 17.9 Å². The van der Waals surface area contributed by atoms with E-state index in [1.165, 1.54) is 0 Å². The normalized spacial score (nSPS) is 10.3. The summed E-state index contributed by atoms with van der Waals surface area (Å²) in [7, 11) is 1.59. The lowest BCUT2D eigenvalue weighted by atomic mass is 10.1. The number of nitriles is 1. The predicted octanol–water partition coefficient (Wildman–Crippen LogP) is 3.60. The van der Waals surface area contributed by atoms with Crippen LogP contribution in [0.2, 0.25) is 0 Å². The van der Waals surface area contributed by atoms with Gasteiger partial charge < -0.3 is 13.9 Å². The smallest absolute Gasteiger partial charge is 0.310 e. The molecule has 3 aromatic rings. The van der Waals surface area contributed by atoms with Gasteiger partial charge >= 0.3 is 5.97 Å². The molecule has 0 aliphatic heterocycles. The number of carbonyl (C=O) groups excluding carboxylic acids is 1. The molecule has 0 unspecified atom stereocenters. The molecule has 0 radical (unpaired) electrons. The average molecular weight is 321 g/mol. The van der Waals surface area contributed by atoms with Crippen LogP contribution < -0.4 is 4.74 Å². The van der Waals surface area contributed by atoms with Gasteiger partial charge in [-0.3, -0.25) is 4.79 Å². The van der Waals surface area contributed by atoms with Crippen LogP contribution in [0.3, 0.4) is 0 Å². The van der Waals surface area contributed by atoms with Crippen molar-refractivity contribution in [2.75, 3.05) is 7.11 Å². The molecule has 0 saturated heterocycles. The number of furan rings is 1. The van der Waals surface area contributed by atoms with Crippen molar-refractivity contribution in [3.05, 3.63) is 65.4 Å². The van der Waals surface area contributed by atoms with Gasteiger partial charge in [0.25, 0.3) is 0 Å². The van der Waals surface area contributed by atoms with Crippen LogP contribution >= 0.6 is 0 Å². The topological polar surface area (TPSA) is 72.5 Å². The number of fused-ring (bicyclic) bond motifs is 1. The molecule has 0 bridgehead atoms. The van der Waals surface area contributed by atoms with E-state index in [2.05, 4.69) is 0 Å². The highest BCUT2D eigenvalue weighted by atomic mass is 16.5. The molecule has 0 saturated carbocycles. The molecule has 120 valence electrons. The second kappa shape index (κ2) is 6.88. The maximum atomic E-state index is 12.0. The largest absolute Gasteiger partial charge is 0.497 e. The van der Waals surface area contributed by atoms with Gasteiger partial charge in [-0.25, -0.2) is 0 Å². The van der Waals surface area contributed by atoms with Crippen LogP contribution in [0.5, 0.6) is 5.75 Å². The van der Waals surface area contributed by atoms with Crippen molar-refractivity contribution in [3.8, 4) is 11.8 Å². The number of rotatable bonds is 5. The van der Waals surface area contributed by atoms with Gasteiger partial charge in [-0.1, -0.05) is 12.1 Å². The van der Waals surface area contributed by atoms with Crippen LogP contribution in [0.4, 0.5) is 0 Å². The van der Waals surface area contributed by atoms with Gasteiger partial charge in [0.05, 0.1) is 31.4 Å². The minimum atomic E-state index is -0.335. The molecule has 1 aromatic heterocycles. The lowest BCUT2D eigenvalue weighted by Gasteiger charge is -2.04. The van der Waals surface area contributed by atoms with E-state index >= 15 is 0 Å². The van der Waals surface area contributed by atoms with Crippen LogP contribution in [0.15, 0.2) is 53.1 Å². The zero-order valence-corrected chi connectivity index (χ0v) is 13.1. The molecule has 0 fully saturated rings. The van der Waals surface area contributed by atoms with E-state index in [1.54, 1.807) is 43.7 Å². The number of nitrogens with zero attached hydrogens (tertiary/aromatic N) is 1. The summed E-state index contributed by atoms with van der Waals surface area (Å²) in [6, 6.07) is 14.4. The Hall–Kier alpha value is -3.26. The Balaban J connectivity index is 1.63. The monoisotopic (exact) mass is 321 g/mol. The summed E-state index contributed by atoms with van der Waals surface area (Å²) < 4.78 is 15.9. The van der Waals surface area contributed by atoms with Crippen molar-refractivity contribution in [1.82, 2.24) is 0 Å². The molecule has 0 spiro atoms. The third-order valence-corrected chi connectivity index (χ3v) is 3.68. The van der Waals surface area contributed by atoms with Gasteiger partial charge in [0.15, 0.2) is 0 Å². The van der Waals surface area contributed by atoms with Gasteiger partial charge in [0.2, 0.25) is 0 Å². The van der Waals surface area contributed by atoms with Crippen LogP contribution in [0.25, 0.3) is 11.0 Å². The Labute approximate surface area is 139 Å². The molecule has 3 rings (SSSR count). The highest BCUT2D eigenvalue weighted by molar-refractivity contribution is 5.86. The first kappa shape index (κ1) is 15.6. The third-order valence-electron chi connectivity index (χ3n) is 3.68. The zero-order chi connectivity index (χ0) is 16.9. The second-order valence-electron chi connectivity index (χ2n) is 5.27. The van der Waals surface area contributed by atoms with E-state index in [9.17, 15) is 4.79 Å².